The average Bonchev–Trinajstić information content (AvgIpc) is 2.74. The van der Waals surface area contributed by atoms with Crippen molar-refractivity contribution in [2.24, 2.45) is 0 Å². The SMILES string of the molecule is CC1(C)CC(Br)C(=O)c2[nH]c3ccc(C(=O)O)cc3c21. The standard InChI is InChI=1S/C15H14BrNO3/c1-15(2)6-9(16)13(18)12-11(15)8-5-7(14(19)20)3-4-10(8)17-12/h3-5,9,17H,6H2,1-2H3,(H,19,20). The molecule has 0 saturated carbocycles. The molecule has 4 nitrogen and oxygen atoms in total. The van der Waals surface area contributed by atoms with Crippen LogP contribution in [0.15, 0.2) is 18.2 Å². The van der Waals surface area contributed by atoms with Gasteiger partial charge in [-0.3, -0.25) is 4.79 Å². The number of carboxylic acids is 1. The molecule has 1 unspecified atom stereocenters. The van der Waals surface area contributed by atoms with E-state index in [1.54, 1.807) is 18.2 Å². The second kappa shape index (κ2) is 4.19. The Bertz CT molecular complexity index is 745. The predicted octanol–water partition coefficient (Wildman–Crippen LogP) is 3.49. The fourth-order valence-electron chi connectivity index (χ4n) is 3.01. The number of aromatic carboxylic acids is 1. The van der Waals surface area contributed by atoms with E-state index < -0.39 is 5.97 Å². The van der Waals surface area contributed by atoms with Gasteiger partial charge in [-0.15, -0.1) is 0 Å². The lowest BCUT2D eigenvalue weighted by atomic mass is 9.73. The van der Waals surface area contributed by atoms with Gasteiger partial charge in [0.1, 0.15) is 0 Å². The van der Waals surface area contributed by atoms with Gasteiger partial charge in [-0.1, -0.05) is 29.8 Å². The number of ketones is 1. The third-order valence-corrected chi connectivity index (χ3v) is 4.68. The molecule has 2 N–H and O–H groups in total. The van der Waals surface area contributed by atoms with E-state index in [0.717, 1.165) is 16.5 Å². The molecule has 0 saturated heterocycles. The number of hydrogen-bond acceptors (Lipinski definition) is 2. The van der Waals surface area contributed by atoms with Gasteiger partial charge in [0.25, 0.3) is 0 Å². The second-order valence-electron chi connectivity index (χ2n) is 5.86. The number of benzene rings is 1. The summed E-state index contributed by atoms with van der Waals surface area (Å²) in [6.07, 6.45) is 0.698. The summed E-state index contributed by atoms with van der Waals surface area (Å²) < 4.78 is 0. The summed E-state index contributed by atoms with van der Waals surface area (Å²) in [5.41, 5.74) is 2.38. The first-order valence-electron chi connectivity index (χ1n) is 6.39. The minimum absolute atomic E-state index is 0.0346. The zero-order valence-electron chi connectivity index (χ0n) is 11.2. The minimum Gasteiger partial charge on any atom is -0.478 e. The maximum Gasteiger partial charge on any atom is 0.335 e. The Morgan fingerprint density at radius 1 is 1.45 bits per heavy atom. The number of Topliss-reactive ketones (excluding diaryl/α,β-unsaturated/α-hetero) is 1. The predicted molar refractivity (Wildman–Crippen MR) is 79.9 cm³/mol. The van der Waals surface area contributed by atoms with Crippen LogP contribution < -0.4 is 0 Å². The number of aromatic nitrogens is 1. The molecule has 0 bridgehead atoms. The average molecular weight is 336 g/mol. The third-order valence-electron chi connectivity index (χ3n) is 3.94. The van der Waals surface area contributed by atoms with Gasteiger partial charge < -0.3 is 10.1 Å². The molecule has 0 fully saturated rings. The highest BCUT2D eigenvalue weighted by molar-refractivity contribution is 9.10. The molecule has 3 rings (SSSR count). The maximum absolute atomic E-state index is 12.3. The van der Waals surface area contributed by atoms with Crippen molar-refractivity contribution in [2.75, 3.05) is 0 Å². The number of rotatable bonds is 1. The van der Waals surface area contributed by atoms with Gasteiger partial charge in [0.2, 0.25) is 0 Å². The van der Waals surface area contributed by atoms with Crippen LogP contribution in [0.4, 0.5) is 0 Å². The Labute approximate surface area is 124 Å². The monoisotopic (exact) mass is 335 g/mol. The lowest BCUT2D eigenvalue weighted by Gasteiger charge is -2.32. The Hall–Kier alpha value is -1.62. The van der Waals surface area contributed by atoms with E-state index >= 15 is 0 Å². The first kappa shape index (κ1) is 13.4. The maximum atomic E-state index is 12.3. The molecule has 0 radical (unpaired) electrons. The summed E-state index contributed by atoms with van der Waals surface area (Å²) in [5, 5.41) is 9.96. The number of aromatic amines is 1. The van der Waals surface area contributed by atoms with Gasteiger partial charge in [0.15, 0.2) is 5.78 Å². The van der Waals surface area contributed by atoms with E-state index in [4.69, 9.17) is 5.11 Å². The number of carbonyl (C=O) groups excluding carboxylic acids is 1. The second-order valence-corrected chi connectivity index (χ2v) is 6.97. The van der Waals surface area contributed by atoms with Crippen LogP contribution in [0.3, 0.4) is 0 Å². The van der Waals surface area contributed by atoms with Crippen LogP contribution in [-0.4, -0.2) is 26.7 Å². The van der Waals surface area contributed by atoms with Crippen molar-refractivity contribution in [3.63, 3.8) is 0 Å². The van der Waals surface area contributed by atoms with E-state index in [1.165, 1.54) is 0 Å². The summed E-state index contributed by atoms with van der Waals surface area (Å²) in [4.78, 5) is 26.4. The van der Waals surface area contributed by atoms with E-state index in [0.29, 0.717) is 12.1 Å². The van der Waals surface area contributed by atoms with E-state index in [-0.39, 0.29) is 21.6 Å². The summed E-state index contributed by atoms with van der Waals surface area (Å²) >= 11 is 3.43. The summed E-state index contributed by atoms with van der Waals surface area (Å²) in [7, 11) is 0. The van der Waals surface area contributed by atoms with Gasteiger partial charge in [0.05, 0.1) is 16.1 Å². The van der Waals surface area contributed by atoms with Crippen molar-refractivity contribution in [2.45, 2.75) is 30.5 Å². The van der Waals surface area contributed by atoms with Crippen molar-refractivity contribution in [1.82, 2.24) is 4.98 Å². The number of hydrogen-bond donors (Lipinski definition) is 2. The summed E-state index contributed by atoms with van der Waals surface area (Å²) in [6.45, 7) is 4.15. The van der Waals surface area contributed by atoms with Gasteiger partial charge in [-0.2, -0.15) is 0 Å². The number of halogens is 1. The van der Waals surface area contributed by atoms with Crippen molar-refractivity contribution in [1.29, 1.82) is 0 Å². The fourth-order valence-corrected chi connectivity index (χ4v) is 4.05. The van der Waals surface area contributed by atoms with Gasteiger partial charge >= 0.3 is 5.97 Å². The molecule has 1 atom stereocenters. The molecule has 1 aromatic carbocycles. The highest BCUT2D eigenvalue weighted by Crippen LogP contribution is 2.43. The van der Waals surface area contributed by atoms with Crippen LogP contribution in [0.5, 0.6) is 0 Å². The summed E-state index contributed by atoms with van der Waals surface area (Å²) in [6, 6.07) is 4.93. The van der Waals surface area contributed by atoms with Gasteiger partial charge in [-0.25, -0.2) is 4.79 Å². The Kier molecular flexibility index (Phi) is 2.80. The van der Waals surface area contributed by atoms with E-state index in [2.05, 4.69) is 34.8 Å². The van der Waals surface area contributed by atoms with Crippen LogP contribution >= 0.6 is 15.9 Å². The number of carboxylic acid groups (broad SMARTS) is 1. The molecule has 1 aromatic heterocycles. The molecule has 0 amide bonds. The number of H-pyrrole nitrogens is 1. The quantitative estimate of drug-likeness (QED) is 0.783. The number of fused-ring (bicyclic) bond motifs is 3. The smallest absolute Gasteiger partial charge is 0.335 e. The Morgan fingerprint density at radius 2 is 2.15 bits per heavy atom. The molecular formula is C15H14BrNO3. The first-order valence-corrected chi connectivity index (χ1v) is 7.30. The zero-order valence-corrected chi connectivity index (χ0v) is 12.7. The highest BCUT2D eigenvalue weighted by atomic mass is 79.9. The number of carbonyl (C=O) groups is 2. The molecular weight excluding hydrogens is 322 g/mol. The number of alkyl halides is 1. The Morgan fingerprint density at radius 3 is 2.80 bits per heavy atom. The molecule has 1 aliphatic carbocycles. The van der Waals surface area contributed by atoms with Crippen molar-refractivity contribution < 1.29 is 14.7 Å². The zero-order chi connectivity index (χ0) is 14.7. The minimum atomic E-state index is -0.958. The molecule has 104 valence electrons. The van der Waals surface area contributed by atoms with E-state index in [9.17, 15) is 9.59 Å². The Balaban J connectivity index is 2.35. The fraction of sp³-hybridized carbons (Fsp3) is 0.333. The third kappa shape index (κ3) is 1.80. The van der Waals surface area contributed by atoms with Crippen molar-refractivity contribution in [3.05, 3.63) is 35.0 Å². The van der Waals surface area contributed by atoms with Crippen LogP contribution in [0.2, 0.25) is 0 Å². The molecule has 5 heteroatoms. The van der Waals surface area contributed by atoms with Gasteiger partial charge in [0, 0.05) is 10.9 Å². The van der Waals surface area contributed by atoms with Crippen LogP contribution in [0.1, 0.15) is 46.7 Å². The lowest BCUT2D eigenvalue weighted by molar-refractivity contribution is 0.0697. The normalized spacial score (nSPS) is 20.9. The van der Waals surface area contributed by atoms with Crippen LogP contribution in [-0.2, 0) is 5.41 Å². The number of nitrogens with one attached hydrogen (secondary N) is 1. The van der Waals surface area contributed by atoms with Crippen LogP contribution in [0.25, 0.3) is 10.9 Å². The molecule has 1 heterocycles. The molecule has 0 spiro atoms. The van der Waals surface area contributed by atoms with Crippen molar-refractivity contribution >= 4 is 38.6 Å². The van der Waals surface area contributed by atoms with Gasteiger partial charge in [-0.05, 0) is 35.6 Å². The highest BCUT2D eigenvalue weighted by Gasteiger charge is 2.40. The topological polar surface area (TPSA) is 70.2 Å². The molecule has 20 heavy (non-hydrogen) atoms. The molecule has 1 aliphatic rings. The molecule has 0 aliphatic heterocycles. The van der Waals surface area contributed by atoms with E-state index in [1.807, 2.05) is 0 Å². The molecule has 2 aromatic rings. The first-order chi connectivity index (χ1) is 9.31. The lowest BCUT2D eigenvalue weighted by Crippen LogP contribution is -2.34. The summed E-state index contributed by atoms with van der Waals surface area (Å²) in [5.74, 6) is -0.924. The van der Waals surface area contributed by atoms with Crippen molar-refractivity contribution in [3.8, 4) is 0 Å². The van der Waals surface area contributed by atoms with Crippen LogP contribution in [0, 0.1) is 0 Å². The largest absolute Gasteiger partial charge is 0.478 e.